The van der Waals surface area contributed by atoms with Crippen molar-refractivity contribution in [1.29, 1.82) is 0 Å². The summed E-state index contributed by atoms with van der Waals surface area (Å²) >= 11 is 1.32. The Morgan fingerprint density at radius 1 is 1.13 bits per heavy atom. The molecule has 3 aliphatic rings. The molecule has 6 rings (SSSR count). The molecule has 0 spiro atoms. The summed E-state index contributed by atoms with van der Waals surface area (Å²) in [6, 6.07) is 11.1. The first-order valence-electron chi connectivity index (χ1n) is 12.9. The summed E-state index contributed by atoms with van der Waals surface area (Å²) in [5, 5.41) is 0. The van der Waals surface area contributed by atoms with E-state index in [0.717, 1.165) is 24.2 Å². The van der Waals surface area contributed by atoms with Gasteiger partial charge in [-0.3, -0.25) is 9.36 Å². The average molecular weight is 532 g/mol. The third-order valence-electron chi connectivity index (χ3n) is 7.19. The van der Waals surface area contributed by atoms with Crippen molar-refractivity contribution in [3.05, 3.63) is 84.0 Å². The van der Waals surface area contributed by atoms with E-state index in [2.05, 4.69) is 35.0 Å². The van der Waals surface area contributed by atoms with Crippen molar-refractivity contribution in [2.75, 3.05) is 31.4 Å². The number of fused-ring (bicyclic) bond motifs is 2. The van der Waals surface area contributed by atoms with Crippen LogP contribution in [0.25, 0.3) is 6.08 Å². The molecule has 8 nitrogen and oxygen atoms in total. The van der Waals surface area contributed by atoms with Crippen LogP contribution in [0.5, 0.6) is 11.5 Å². The molecule has 0 unspecified atom stereocenters. The SMILES string of the molecule is CCOC(=O)C1=C(C)N=c2s/c(=C/c3ccc(N4CCCC4)c(C)c3)c(=O)n2[C@@H]1c1ccc2c(c1)OCO2. The molecule has 3 aliphatic heterocycles. The van der Waals surface area contributed by atoms with E-state index >= 15 is 0 Å². The molecule has 196 valence electrons. The van der Waals surface area contributed by atoms with Crippen LogP contribution < -0.4 is 29.3 Å². The Hall–Kier alpha value is -3.85. The fourth-order valence-electron chi connectivity index (χ4n) is 5.42. The van der Waals surface area contributed by atoms with Gasteiger partial charge < -0.3 is 19.1 Å². The zero-order valence-corrected chi connectivity index (χ0v) is 22.5. The molecule has 0 radical (unpaired) electrons. The lowest BCUT2D eigenvalue weighted by Crippen LogP contribution is -2.39. The highest BCUT2D eigenvalue weighted by Gasteiger charge is 2.34. The molecular formula is C29H29N3O5S. The van der Waals surface area contributed by atoms with Gasteiger partial charge in [-0.1, -0.05) is 23.5 Å². The Labute approximate surface area is 224 Å². The Balaban J connectivity index is 1.47. The van der Waals surface area contributed by atoms with Gasteiger partial charge >= 0.3 is 5.97 Å². The van der Waals surface area contributed by atoms with Crippen LogP contribution >= 0.6 is 11.3 Å². The number of hydrogen-bond acceptors (Lipinski definition) is 8. The van der Waals surface area contributed by atoms with Gasteiger partial charge in [0.1, 0.15) is 0 Å². The predicted molar refractivity (Wildman–Crippen MR) is 146 cm³/mol. The molecule has 0 aliphatic carbocycles. The first-order chi connectivity index (χ1) is 18.4. The molecular weight excluding hydrogens is 502 g/mol. The normalized spacial score (nSPS) is 18.6. The van der Waals surface area contributed by atoms with Crippen molar-refractivity contribution in [3.63, 3.8) is 0 Å². The highest BCUT2D eigenvalue weighted by atomic mass is 32.1. The summed E-state index contributed by atoms with van der Waals surface area (Å²) in [6.07, 6.45) is 4.35. The van der Waals surface area contributed by atoms with Gasteiger partial charge in [0, 0.05) is 18.8 Å². The molecule has 0 N–H and O–H groups in total. The Bertz CT molecular complexity index is 1650. The van der Waals surface area contributed by atoms with E-state index < -0.39 is 12.0 Å². The van der Waals surface area contributed by atoms with Crippen LogP contribution in [0, 0.1) is 6.92 Å². The summed E-state index contributed by atoms with van der Waals surface area (Å²) in [5.41, 5.74) is 4.79. The van der Waals surface area contributed by atoms with Crippen molar-refractivity contribution in [1.82, 2.24) is 4.57 Å². The number of carbonyl (C=O) groups is 1. The van der Waals surface area contributed by atoms with Crippen LogP contribution in [-0.2, 0) is 9.53 Å². The molecule has 1 aromatic heterocycles. The molecule has 38 heavy (non-hydrogen) atoms. The third-order valence-corrected chi connectivity index (χ3v) is 8.18. The van der Waals surface area contributed by atoms with E-state index in [0.29, 0.717) is 32.1 Å². The van der Waals surface area contributed by atoms with Crippen LogP contribution in [0.4, 0.5) is 5.69 Å². The summed E-state index contributed by atoms with van der Waals surface area (Å²) in [7, 11) is 0. The van der Waals surface area contributed by atoms with Gasteiger partial charge in [0.25, 0.3) is 5.56 Å². The molecule has 9 heteroatoms. The largest absolute Gasteiger partial charge is 0.463 e. The number of rotatable bonds is 5. The Morgan fingerprint density at radius 2 is 1.92 bits per heavy atom. The number of ether oxygens (including phenoxy) is 3. The zero-order chi connectivity index (χ0) is 26.4. The molecule has 0 bridgehead atoms. The second-order valence-electron chi connectivity index (χ2n) is 9.66. The molecule has 1 atom stereocenters. The average Bonchev–Trinajstić information content (AvgIpc) is 3.64. The summed E-state index contributed by atoms with van der Waals surface area (Å²) in [5.74, 6) is 0.724. The molecule has 4 heterocycles. The van der Waals surface area contributed by atoms with Crippen molar-refractivity contribution < 1.29 is 19.0 Å². The monoisotopic (exact) mass is 531 g/mol. The number of hydrogen-bond donors (Lipinski definition) is 0. The summed E-state index contributed by atoms with van der Waals surface area (Å²) in [4.78, 5) is 34.6. The zero-order valence-electron chi connectivity index (χ0n) is 21.7. The lowest BCUT2D eigenvalue weighted by atomic mass is 9.95. The minimum absolute atomic E-state index is 0.136. The first kappa shape index (κ1) is 24.5. The van der Waals surface area contributed by atoms with E-state index in [1.807, 2.05) is 18.2 Å². The van der Waals surface area contributed by atoms with E-state index in [4.69, 9.17) is 14.2 Å². The fraction of sp³-hybridized carbons (Fsp3) is 0.345. The number of aromatic nitrogens is 1. The van der Waals surface area contributed by atoms with Crippen LogP contribution in [0.3, 0.4) is 0 Å². The smallest absolute Gasteiger partial charge is 0.338 e. The molecule has 0 saturated carbocycles. The molecule has 3 aromatic rings. The standard InChI is InChI=1S/C29H29N3O5S/c1-4-35-28(34)25-18(3)30-29-32(26(25)20-8-10-22-23(15-20)37-16-36-22)27(33)24(38-29)14-19-7-9-21(17(2)13-19)31-11-5-6-12-31/h7-10,13-15,26H,4-6,11-12,16H2,1-3H3/b24-14+/t26-/m1/s1. The molecule has 1 saturated heterocycles. The summed E-state index contributed by atoms with van der Waals surface area (Å²) < 4.78 is 18.6. The highest BCUT2D eigenvalue weighted by molar-refractivity contribution is 7.07. The number of allylic oxidation sites excluding steroid dienone is 1. The van der Waals surface area contributed by atoms with Crippen molar-refractivity contribution >= 4 is 29.1 Å². The van der Waals surface area contributed by atoms with E-state index in [1.165, 1.54) is 35.4 Å². The second-order valence-corrected chi connectivity index (χ2v) is 10.7. The number of nitrogens with zero attached hydrogens (tertiary/aromatic N) is 3. The van der Waals surface area contributed by atoms with Gasteiger partial charge in [0.05, 0.1) is 28.5 Å². The van der Waals surface area contributed by atoms with E-state index in [9.17, 15) is 9.59 Å². The Morgan fingerprint density at radius 3 is 2.68 bits per heavy atom. The number of anilines is 1. The lowest BCUT2D eigenvalue weighted by Gasteiger charge is -2.24. The van der Waals surface area contributed by atoms with Crippen LogP contribution in [0.1, 0.15) is 49.4 Å². The summed E-state index contributed by atoms with van der Waals surface area (Å²) in [6.45, 7) is 8.18. The fourth-order valence-corrected chi connectivity index (χ4v) is 6.47. The third kappa shape index (κ3) is 4.20. The predicted octanol–water partition coefficient (Wildman–Crippen LogP) is 3.44. The topological polar surface area (TPSA) is 82.4 Å². The second kappa shape index (κ2) is 9.79. The number of benzene rings is 2. The molecule has 1 fully saturated rings. The number of esters is 1. The van der Waals surface area contributed by atoms with Gasteiger partial charge in [-0.2, -0.15) is 0 Å². The van der Waals surface area contributed by atoms with E-state index in [1.54, 1.807) is 24.5 Å². The van der Waals surface area contributed by atoms with Gasteiger partial charge in [-0.05, 0) is 80.6 Å². The highest BCUT2D eigenvalue weighted by Crippen LogP contribution is 2.38. The molecule has 0 amide bonds. The van der Waals surface area contributed by atoms with Crippen LogP contribution in [-0.4, -0.2) is 37.0 Å². The number of thiazole rings is 1. The minimum atomic E-state index is -0.693. The van der Waals surface area contributed by atoms with Crippen molar-refractivity contribution in [3.8, 4) is 11.5 Å². The first-order valence-corrected chi connectivity index (χ1v) is 13.7. The lowest BCUT2D eigenvalue weighted by molar-refractivity contribution is -0.139. The van der Waals surface area contributed by atoms with Gasteiger partial charge in [-0.15, -0.1) is 0 Å². The van der Waals surface area contributed by atoms with E-state index in [-0.39, 0.29) is 19.0 Å². The van der Waals surface area contributed by atoms with Gasteiger partial charge in [0.2, 0.25) is 6.79 Å². The van der Waals surface area contributed by atoms with Gasteiger partial charge in [-0.25, -0.2) is 9.79 Å². The maximum atomic E-state index is 13.9. The van der Waals surface area contributed by atoms with Crippen LogP contribution in [0.2, 0.25) is 0 Å². The van der Waals surface area contributed by atoms with Gasteiger partial charge in [0.15, 0.2) is 16.3 Å². The minimum Gasteiger partial charge on any atom is -0.463 e. The number of carbonyl (C=O) groups excluding carboxylic acids is 1. The van der Waals surface area contributed by atoms with Crippen LogP contribution in [0.15, 0.2) is 57.5 Å². The quantitative estimate of drug-likeness (QED) is 0.469. The molecule has 2 aromatic carbocycles. The van der Waals surface area contributed by atoms with Crippen molar-refractivity contribution in [2.45, 2.75) is 39.7 Å². The maximum Gasteiger partial charge on any atom is 0.338 e. The number of aryl methyl sites for hydroxylation is 1. The van der Waals surface area contributed by atoms with Crippen molar-refractivity contribution in [2.24, 2.45) is 4.99 Å². The maximum absolute atomic E-state index is 13.9. The Kier molecular flexibility index (Phi) is 6.31.